The third kappa shape index (κ3) is 2.86. The summed E-state index contributed by atoms with van der Waals surface area (Å²) in [5, 5.41) is 9.18. The van der Waals surface area contributed by atoms with Crippen molar-refractivity contribution in [3.63, 3.8) is 0 Å². The minimum Gasteiger partial charge on any atom is -0.493 e. The standard InChI is InChI=1S/C16H18O4/c1-11-9-13(8-7-12(11)10-17)20-16-14(18-2)5-4-6-15(16)19-3/h4-9,17H,10H2,1-3H3. The lowest BCUT2D eigenvalue weighted by molar-refractivity contribution is 0.281. The van der Waals surface area contributed by atoms with Gasteiger partial charge < -0.3 is 19.3 Å². The predicted molar refractivity (Wildman–Crippen MR) is 76.7 cm³/mol. The molecule has 2 aromatic rings. The van der Waals surface area contributed by atoms with Gasteiger partial charge in [-0.15, -0.1) is 0 Å². The van der Waals surface area contributed by atoms with Gasteiger partial charge in [-0.2, -0.15) is 0 Å². The Morgan fingerprint density at radius 1 is 1.00 bits per heavy atom. The van der Waals surface area contributed by atoms with Gasteiger partial charge in [0.25, 0.3) is 0 Å². The summed E-state index contributed by atoms with van der Waals surface area (Å²) < 4.78 is 16.5. The highest BCUT2D eigenvalue weighted by atomic mass is 16.5. The van der Waals surface area contributed by atoms with Gasteiger partial charge in [0, 0.05) is 0 Å². The van der Waals surface area contributed by atoms with Crippen LogP contribution in [0.1, 0.15) is 11.1 Å². The fourth-order valence-electron chi connectivity index (χ4n) is 1.94. The molecule has 0 aliphatic rings. The second-order valence-electron chi connectivity index (χ2n) is 4.34. The molecule has 0 radical (unpaired) electrons. The van der Waals surface area contributed by atoms with E-state index in [4.69, 9.17) is 14.2 Å². The van der Waals surface area contributed by atoms with Crippen molar-refractivity contribution in [3.8, 4) is 23.0 Å². The molecular weight excluding hydrogens is 256 g/mol. The minimum absolute atomic E-state index is 0.0179. The number of rotatable bonds is 5. The summed E-state index contributed by atoms with van der Waals surface area (Å²) in [6, 6.07) is 11.0. The van der Waals surface area contributed by atoms with Gasteiger partial charge in [-0.25, -0.2) is 0 Å². The lowest BCUT2D eigenvalue weighted by Crippen LogP contribution is -1.95. The zero-order valence-electron chi connectivity index (χ0n) is 11.8. The first kappa shape index (κ1) is 14.2. The van der Waals surface area contributed by atoms with E-state index in [-0.39, 0.29) is 6.61 Å². The van der Waals surface area contributed by atoms with E-state index in [1.165, 1.54) is 0 Å². The van der Waals surface area contributed by atoms with E-state index < -0.39 is 0 Å². The molecule has 0 aromatic heterocycles. The SMILES string of the molecule is COc1cccc(OC)c1Oc1ccc(CO)c(C)c1. The largest absolute Gasteiger partial charge is 0.493 e. The van der Waals surface area contributed by atoms with Crippen molar-refractivity contribution in [2.75, 3.05) is 14.2 Å². The summed E-state index contributed by atoms with van der Waals surface area (Å²) in [7, 11) is 3.17. The second kappa shape index (κ2) is 6.30. The van der Waals surface area contributed by atoms with Crippen LogP contribution >= 0.6 is 0 Å². The lowest BCUT2D eigenvalue weighted by atomic mass is 10.1. The van der Waals surface area contributed by atoms with Crippen molar-refractivity contribution >= 4 is 0 Å². The molecule has 0 amide bonds. The number of aliphatic hydroxyl groups is 1. The molecule has 20 heavy (non-hydrogen) atoms. The number of aryl methyl sites for hydroxylation is 1. The van der Waals surface area contributed by atoms with Crippen molar-refractivity contribution < 1.29 is 19.3 Å². The quantitative estimate of drug-likeness (QED) is 0.908. The zero-order chi connectivity index (χ0) is 14.5. The minimum atomic E-state index is 0.0179. The molecule has 2 rings (SSSR count). The van der Waals surface area contributed by atoms with E-state index in [0.29, 0.717) is 23.0 Å². The highest BCUT2D eigenvalue weighted by Gasteiger charge is 2.12. The molecule has 0 aliphatic carbocycles. The van der Waals surface area contributed by atoms with Gasteiger partial charge in [-0.1, -0.05) is 12.1 Å². The van der Waals surface area contributed by atoms with Crippen molar-refractivity contribution in [2.24, 2.45) is 0 Å². The van der Waals surface area contributed by atoms with Crippen LogP contribution < -0.4 is 14.2 Å². The van der Waals surface area contributed by atoms with Gasteiger partial charge >= 0.3 is 0 Å². The summed E-state index contributed by atoms with van der Waals surface area (Å²) >= 11 is 0. The molecule has 0 fully saturated rings. The topological polar surface area (TPSA) is 47.9 Å². The highest BCUT2D eigenvalue weighted by molar-refractivity contribution is 5.53. The van der Waals surface area contributed by atoms with E-state index in [1.54, 1.807) is 14.2 Å². The monoisotopic (exact) mass is 274 g/mol. The van der Waals surface area contributed by atoms with Crippen LogP contribution in [0.25, 0.3) is 0 Å². The van der Waals surface area contributed by atoms with E-state index in [2.05, 4.69) is 0 Å². The maximum atomic E-state index is 9.18. The Morgan fingerprint density at radius 3 is 2.15 bits per heavy atom. The van der Waals surface area contributed by atoms with Crippen LogP contribution in [0, 0.1) is 6.92 Å². The van der Waals surface area contributed by atoms with Crippen LogP contribution in [0.5, 0.6) is 23.0 Å². The van der Waals surface area contributed by atoms with Crippen LogP contribution in [0.15, 0.2) is 36.4 Å². The third-order valence-corrected chi connectivity index (χ3v) is 3.09. The van der Waals surface area contributed by atoms with E-state index in [9.17, 15) is 5.11 Å². The smallest absolute Gasteiger partial charge is 0.210 e. The average molecular weight is 274 g/mol. The molecule has 106 valence electrons. The molecule has 0 bridgehead atoms. The molecule has 2 aromatic carbocycles. The Hall–Kier alpha value is -2.20. The van der Waals surface area contributed by atoms with E-state index in [1.807, 2.05) is 43.3 Å². The number of methoxy groups -OCH3 is 2. The maximum absolute atomic E-state index is 9.18. The number of hydrogen-bond acceptors (Lipinski definition) is 4. The maximum Gasteiger partial charge on any atom is 0.210 e. The van der Waals surface area contributed by atoms with E-state index >= 15 is 0 Å². The van der Waals surface area contributed by atoms with Crippen LogP contribution in [0.2, 0.25) is 0 Å². The van der Waals surface area contributed by atoms with Crippen LogP contribution in [-0.2, 0) is 6.61 Å². The Bertz CT molecular complexity index is 571. The number of ether oxygens (including phenoxy) is 3. The average Bonchev–Trinajstić information content (AvgIpc) is 2.47. The van der Waals surface area contributed by atoms with Crippen molar-refractivity contribution in [1.82, 2.24) is 0 Å². The van der Waals surface area contributed by atoms with E-state index in [0.717, 1.165) is 11.1 Å². The third-order valence-electron chi connectivity index (χ3n) is 3.09. The normalized spacial score (nSPS) is 10.2. The van der Waals surface area contributed by atoms with Gasteiger partial charge in [-0.05, 0) is 42.3 Å². The number of aliphatic hydroxyl groups excluding tert-OH is 1. The fourth-order valence-corrected chi connectivity index (χ4v) is 1.94. The van der Waals surface area contributed by atoms with Gasteiger partial charge in [0.2, 0.25) is 5.75 Å². The summed E-state index contributed by atoms with van der Waals surface area (Å²) in [4.78, 5) is 0. The first-order valence-electron chi connectivity index (χ1n) is 6.28. The Labute approximate surface area is 118 Å². The van der Waals surface area contributed by atoms with Crippen LogP contribution in [0.3, 0.4) is 0 Å². The number of benzene rings is 2. The molecule has 0 unspecified atom stereocenters. The molecule has 0 heterocycles. The molecule has 4 heteroatoms. The van der Waals surface area contributed by atoms with Gasteiger partial charge in [0.1, 0.15) is 5.75 Å². The molecular formula is C16H18O4. The highest BCUT2D eigenvalue weighted by Crippen LogP contribution is 2.40. The van der Waals surface area contributed by atoms with Gasteiger partial charge in [-0.3, -0.25) is 0 Å². The molecule has 0 spiro atoms. The zero-order valence-corrected chi connectivity index (χ0v) is 11.8. The van der Waals surface area contributed by atoms with Gasteiger partial charge in [0.05, 0.1) is 20.8 Å². The first-order chi connectivity index (χ1) is 9.69. The Kier molecular flexibility index (Phi) is 4.48. The first-order valence-corrected chi connectivity index (χ1v) is 6.28. The summed E-state index contributed by atoms with van der Waals surface area (Å²) in [6.45, 7) is 1.95. The summed E-state index contributed by atoms with van der Waals surface area (Å²) in [5.41, 5.74) is 1.85. The van der Waals surface area contributed by atoms with Crippen molar-refractivity contribution in [1.29, 1.82) is 0 Å². The van der Waals surface area contributed by atoms with Gasteiger partial charge in [0.15, 0.2) is 11.5 Å². The predicted octanol–water partition coefficient (Wildman–Crippen LogP) is 3.30. The second-order valence-corrected chi connectivity index (χ2v) is 4.34. The fraction of sp³-hybridized carbons (Fsp3) is 0.250. The summed E-state index contributed by atoms with van der Waals surface area (Å²) in [6.07, 6.45) is 0. The molecule has 0 aliphatic heterocycles. The number of para-hydroxylation sites is 1. The molecule has 4 nitrogen and oxygen atoms in total. The Morgan fingerprint density at radius 2 is 1.65 bits per heavy atom. The molecule has 0 saturated carbocycles. The lowest BCUT2D eigenvalue weighted by Gasteiger charge is -2.14. The molecule has 0 saturated heterocycles. The van der Waals surface area contributed by atoms with Crippen LogP contribution in [-0.4, -0.2) is 19.3 Å². The molecule has 1 N–H and O–H groups in total. The Balaban J connectivity index is 2.36. The van der Waals surface area contributed by atoms with Crippen molar-refractivity contribution in [3.05, 3.63) is 47.5 Å². The summed E-state index contributed by atoms with van der Waals surface area (Å²) in [5.74, 6) is 2.41. The van der Waals surface area contributed by atoms with Crippen molar-refractivity contribution in [2.45, 2.75) is 13.5 Å². The van der Waals surface area contributed by atoms with Crippen LogP contribution in [0.4, 0.5) is 0 Å². The number of hydrogen-bond donors (Lipinski definition) is 1. The molecule has 0 atom stereocenters.